The van der Waals surface area contributed by atoms with E-state index >= 15 is 0 Å². The van der Waals surface area contributed by atoms with Crippen LogP contribution in [0.1, 0.15) is 41.4 Å². The second-order valence-corrected chi connectivity index (χ2v) is 11.7. The second-order valence-electron chi connectivity index (χ2n) is 11.7. The summed E-state index contributed by atoms with van der Waals surface area (Å²) in [6.45, 7) is 0. The van der Waals surface area contributed by atoms with E-state index in [1.54, 1.807) is 24.3 Å². The van der Waals surface area contributed by atoms with Crippen molar-refractivity contribution in [1.29, 1.82) is 0 Å². The molecule has 7 aromatic rings. The third kappa shape index (κ3) is 5.27. The van der Waals surface area contributed by atoms with Crippen LogP contribution in [0.5, 0.6) is 0 Å². The number of methoxy groups -OCH3 is 4. The standard InChI is InChI=1S/C42H30O8/c1-47-39(43)33-19-25-15-29-30(16-26(25)20-34(33)40(44)48-2)38(24-13-9-6-10-14-24)32-18-28-22-36(42(46)50-4)35(41(45)49-3)21-27(28)17-31(32)37(29)23-11-7-5-8-12-23/h5-22H,1-4H3. The van der Waals surface area contributed by atoms with Crippen LogP contribution in [0.25, 0.3) is 65.3 Å². The first-order valence-corrected chi connectivity index (χ1v) is 15.7. The van der Waals surface area contributed by atoms with Crippen molar-refractivity contribution < 1.29 is 38.1 Å². The van der Waals surface area contributed by atoms with E-state index in [0.717, 1.165) is 65.3 Å². The minimum atomic E-state index is -0.654. The summed E-state index contributed by atoms with van der Waals surface area (Å²) in [6, 6.07) is 34.6. The van der Waals surface area contributed by atoms with Gasteiger partial charge in [0.1, 0.15) is 0 Å². The van der Waals surface area contributed by atoms with Crippen molar-refractivity contribution in [3.8, 4) is 22.3 Å². The van der Waals surface area contributed by atoms with E-state index in [-0.39, 0.29) is 22.3 Å². The van der Waals surface area contributed by atoms with E-state index in [4.69, 9.17) is 18.9 Å². The number of fused-ring (bicyclic) bond motifs is 4. The first-order chi connectivity index (χ1) is 24.3. The van der Waals surface area contributed by atoms with E-state index in [1.807, 2.05) is 84.9 Å². The molecule has 0 radical (unpaired) electrons. The largest absolute Gasteiger partial charge is 0.465 e. The van der Waals surface area contributed by atoms with Gasteiger partial charge in [-0.25, -0.2) is 19.2 Å². The Morgan fingerprint density at radius 3 is 0.820 bits per heavy atom. The molecular formula is C42H30O8. The van der Waals surface area contributed by atoms with E-state index in [1.165, 1.54) is 28.4 Å². The molecule has 0 unspecified atom stereocenters. The molecule has 0 N–H and O–H groups in total. The highest BCUT2D eigenvalue weighted by atomic mass is 16.5. The van der Waals surface area contributed by atoms with Gasteiger partial charge in [0.15, 0.2) is 0 Å². The van der Waals surface area contributed by atoms with Crippen LogP contribution in [0.2, 0.25) is 0 Å². The Bertz CT molecular complexity index is 2220. The zero-order chi connectivity index (χ0) is 35.1. The van der Waals surface area contributed by atoms with Crippen LogP contribution in [0.3, 0.4) is 0 Å². The van der Waals surface area contributed by atoms with Gasteiger partial charge in [0, 0.05) is 0 Å². The van der Waals surface area contributed by atoms with Gasteiger partial charge in [-0.05, 0) is 114 Å². The van der Waals surface area contributed by atoms with Gasteiger partial charge in [-0.15, -0.1) is 0 Å². The average molecular weight is 663 g/mol. The predicted molar refractivity (Wildman–Crippen MR) is 193 cm³/mol. The Morgan fingerprint density at radius 2 is 0.600 bits per heavy atom. The van der Waals surface area contributed by atoms with Crippen molar-refractivity contribution in [2.75, 3.05) is 28.4 Å². The van der Waals surface area contributed by atoms with Gasteiger partial charge in [0.05, 0.1) is 50.7 Å². The van der Waals surface area contributed by atoms with Crippen molar-refractivity contribution in [2.45, 2.75) is 0 Å². The van der Waals surface area contributed by atoms with E-state index < -0.39 is 23.9 Å². The van der Waals surface area contributed by atoms with Crippen LogP contribution < -0.4 is 0 Å². The molecule has 50 heavy (non-hydrogen) atoms. The molecule has 0 aromatic heterocycles. The number of ether oxygens (including phenoxy) is 4. The quantitative estimate of drug-likeness (QED) is 0.0989. The number of hydrogen-bond acceptors (Lipinski definition) is 8. The summed E-state index contributed by atoms with van der Waals surface area (Å²) in [5, 5.41) is 6.47. The lowest BCUT2D eigenvalue weighted by Gasteiger charge is -2.20. The Balaban J connectivity index is 1.71. The predicted octanol–water partition coefficient (Wildman–Crippen LogP) is 8.78. The molecule has 0 aliphatic carbocycles. The molecule has 246 valence electrons. The molecule has 0 aliphatic heterocycles. The van der Waals surface area contributed by atoms with Gasteiger partial charge in [-0.3, -0.25) is 0 Å². The summed E-state index contributed by atoms with van der Waals surface area (Å²) in [4.78, 5) is 51.5. The number of carbonyl (C=O) groups is 4. The molecule has 0 amide bonds. The zero-order valence-electron chi connectivity index (χ0n) is 27.7. The van der Waals surface area contributed by atoms with Crippen molar-refractivity contribution in [3.63, 3.8) is 0 Å². The molecule has 8 heteroatoms. The van der Waals surface area contributed by atoms with Crippen molar-refractivity contribution in [3.05, 3.63) is 131 Å². The number of esters is 4. The monoisotopic (exact) mass is 662 g/mol. The summed E-state index contributed by atoms with van der Waals surface area (Å²) in [5.41, 5.74) is 4.12. The Hall–Kier alpha value is -6.54. The van der Waals surface area contributed by atoms with Crippen molar-refractivity contribution >= 4 is 67.0 Å². The van der Waals surface area contributed by atoms with Gasteiger partial charge in [0.2, 0.25) is 0 Å². The summed E-state index contributed by atoms with van der Waals surface area (Å²) in [7, 11) is 5.07. The first kappa shape index (κ1) is 32.0. The maximum Gasteiger partial charge on any atom is 0.338 e. The van der Waals surface area contributed by atoms with Gasteiger partial charge in [0.25, 0.3) is 0 Å². The fraction of sp³-hybridized carbons (Fsp3) is 0.0952. The molecule has 0 saturated carbocycles. The van der Waals surface area contributed by atoms with Crippen LogP contribution >= 0.6 is 0 Å². The van der Waals surface area contributed by atoms with Crippen LogP contribution in [-0.2, 0) is 18.9 Å². The number of hydrogen-bond donors (Lipinski definition) is 0. The lowest BCUT2D eigenvalue weighted by Crippen LogP contribution is -2.12. The van der Waals surface area contributed by atoms with E-state index in [0.29, 0.717) is 0 Å². The normalized spacial score (nSPS) is 11.1. The lowest BCUT2D eigenvalue weighted by atomic mass is 9.83. The SMILES string of the molecule is COC(=O)c1cc2cc3c(-c4ccccc4)c4cc5cc(C(=O)OC)c(C(=O)OC)cc5cc4c(-c4ccccc4)c3cc2cc1C(=O)OC. The Morgan fingerprint density at radius 1 is 0.360 bits per heavy atom. The third-order valence-corrected chi connectivity index (χ3v) is 9.05. The van der Waals surface area contributed by atoms with Crippen molar-refractivity contribution in [1.82, 2.24) is 0 Å². The first-order valence-electron chi connectivity index (χ1n) is 15.7. The molecular weight excluding hydrogens is 632 g/mol. The second kappa shape index (κ2) is 12.8. The van der Waals surface area contributed by atoms with Crippen LogP contribution in [-0.4, -0.2) is 52.3 Å². The van der Waals surface area contributed by atoms with Crippen LogP contribution in [0.4, 0.5) is 0 Å². The molecule has 0 bridgehead atoms. The smallest absolute Gasteiger partial charge is 0.338 e. The molecule has 7 rings (SSSR count). The maximum absolute atomic E-state index is 12.9. The fourth-order valence-electron chi connectivity index (χ4n) is 6.76. The Labute approximate surface area is 286 Å². The average Bonchev–Trinajstić information content (AvgIpc) is 3.16. The molecule has 0 fully saturated rings. The highest BCUT2D eigenvalue weighted by Gasteiger charge is 2.24. The van der Waals surface area contributed by atoms with Gasteiger partial charge in [-0.2, -0.15) is 0 Å². The van der Waals surface area contributed by atoms with Crippen LogP contribution in [0.15, 0.2) is 109 Å². The molecule has 0 saturated heterocycles. The summed E-state index contributed by atoms with van der Waals surface area (Å²) in [6.07, 6.45) is 0. The molecule has 7 aromatic carbocycles. The van der Waals surface area contributed by atoms with E-state index in [9.17, 15) is 19.2 Å². The molecule has 0 atom stereocenters. The lowest BCUT2D eigenvalue weighted by molar-refractivity contribution is 0.0555. The molecule has 0 spiro atoms. The third-order valence-electron chi connectivity index (χ3n) is 9.05. The van der Waals surface area contributed by atoms with Gasteiger partial charge >= 0.3 is 23.9 Å². The topological polar surface area (TPSA) is 105 Å². The van der Waals surface area contributed by atoms with Crippen LogP contribution in [0, 0.1) is 0 Å². The molecule has 0 heterocycles. The number of carbonyl (C=O) groups excluding carboxylic acids is 4. The molecule has 8 nitrogen and oxygen atoms in total. The minimum absolute atomic E-state index is 0.0966. The van der Waals surface area contributed by atoms with Gasteiger partial charge in [-0.1, -0.05) is 60.7 Å². The highest BCUT2D eigenvalue weighted by Crippen LogP contribution is 2.46. The number of rotatable bonds is 6. The summed E-state index contributed by atoms with van der Waals surface area (Å²) < 4.78 is 20.1. The van der Waals surface area contributed by atoms with Gasteiger partial charge < -0.3 is 18.9 Å². The maximum atomic E-state index is 12.9. The summed E-state index contributed by atoms with van der Waals surface area (Å²) >= 11 is 0. The van der Waals surface area contributed by atoms with E-state index in [2.05, 4.69) is 0 Å². The highest BCUT2D eigenvalue weighted by molar-refractivity contribution is 6.26. The number of benzene rings is 7. The van der Waals surface area contributed by atoms with Crippen molar-refractivity contribution in [2.24, 2.45) is 0 Å². The fourth-order valence-corrected chi connectivity index (χ4v) is 6.76. The molecule has 0 aliphatic rings. The Kier molecular flexibility index (Phi) is 8.21. The zero-order valence-corrected chi connectivity index (χ0v) is 27.7. The summed E-state index contributed by atoms with van der Waals surface area (Å²) in [5.74, 6) is -2.62. The minimum Gasteiger partial charge on any atom is -0.465 e.